The number of hydrogen-bond donors (Lipinski definition) is 4. The third kappa shape index (κ3) is 27.1. The van der Waals surface area contributed by atoms with Crippen LogP contribution in [0, 0.1) is 6.92 Å². The normalized spacial score (nSPS) is 8.95. The average molecular weight is 1010 g/mol. The minimum Gasteiger partial charge on any atom is -0.503 e. The molecule has 0 saturated carbocycles. The van der Waals surface area contributed by atoms with Crippen LogP contribution in [-0.4, -0.2) is 89.7 Å². The predicted octanol–water partition coefficient (Wildman–Crippen LogP) is 1.25. The van der Waals surface area contributed by atoms with Gasteiger partial charge in [0.15, 0.2) is 0 Å². The zero-order valence-corrected chi connectivity index (χ0v) is 26.0. The van der Waals surface area contributed by atoms with Crippen molar-refractivity contribution < 1.29 is 43.2 Å². The molecular weight excluding hydrogens is 976 g/mol. The number of anilines is 2. The Labute approximate surface area is 206 Å². The fourth-order valence-electron chi connectivity index (χ4n) is 2.09. The van der Waals surface area contributed by atoms with E-state index in [9.17, 15) is 19.2 Å². The zero-order valence-electron chi connectivity index (χ0n) is 21.2. The maximum atomic E-state index is 10.2. The summed E-state index contributed by atoms with van der Waals surface area (Å²) in [5.41, 5.74) is 2.00. The van der Waals surface area contributed by atoms with Crippen LogP contribution in [0.4, 0.5) is 11.4 Å². The summed E-state index contributed by atoms with van der Waals surface area (Å²) in [6, 6.07) is 5.22. The van der Waals surface area contributed by atoms with Gasteiger partial charge in [-0.2, -0.15) is 11.4 Å². The Bertz CT molecular complexity index is 687. The molecule has 0 aliphatic heterocycles. The van der Waals surface area contributed by atoms with Gasteiger partial charge in [-0.3, -0.25) is 9.59 Å². The quantitative estimate of drug-likeness (QED) is 0.0653. The summed E-state index contributed by atoms with van der Waals surface area (Å²) in [5.74, 6) is -0.872. The van der Waals surface area contributed by atoms with Gasteiger partial charge in [0.2, 0.25) is 6.41 Å². The number of carbonyl (C=O) groups excluding carboxylic acids is 3. The van der Waals surface area contributed by atoms with Gasteiger partial charge < -0.3 is 49.6 Å². The van der Waals surface area contributed by atoms with E-state index >= 15 is 0 Å². The van der Waals surface area contributed by atoms with Gasteiger partial charge in [0.1, 0.15) is 0 Å². The Kier molecular flexibility index (Phi) is 32.8. The summed E-state index contributed by atoms with van der Waals surface area (Å²) in [7, 11) is 0. The second kappa shape index (κ2) is 30.9. The van der Waals surface area contributed by atoms with Gasteiger partial charge in [-0.05, 0) is 6.92 Å². The van der Waals surface area contributed by atoms with Crippen molar-refractivity contribution in [1.82, 2.24) is 5.32 Å². The molecule has 14 heteroatoms. The van der Waals surface area contributed by atoms with E-state index in [1.54, 1.807) is 18.5 Å². The monoisotopic (exact) mass is 1010 g/mol. The first-order chi connectivity index (χ1) is 17.0. The van der Waals surface area contributed by atoms with Crippen molar-refractivity contribution in [2.45, 2.75) is 27.2 Å². The smallest absolute Gasteiger partial charge is 0.305 e. The molecule has 12 nitrogen and oxygen atoms in total. The van der Waals surface area contributed by atoms with Crippen molar-refractivity contribution in [3.05, 3.63) is 23.8 Å². The fraction of sp³-hybridized carbons (Fsp3) is 0.565. The SMILES string of the molecule is CC.Cc1ccc(N[C-]=O)c(N[C-]=O)c1.O=CNCCOCCOCCOCCOCCC(=O)O.[Fm].[Fm]. The molecule has 0 spiro atoms. The zero-order chi connectivity index (χ0) is 26.6. The number of carbonyl (C=O) groups is 2. The molecule has 1 aromatic carbocycles. The summed E-state index contributed by atoms with van der Waals surface area (Å²) in [4.78, 5) is 40.2. The molecule has 0 saturated heterocycles. The largest absolute Gasteiger partial charge is 0.503 e. The molecule has 224 valence electrons. The van der Waals surface area contributed by atoms with E-state index in [0.29, 0.717) is 70.6 Å². The Morgan fingerprint density at radius 1 is 0.838 bits per heavy atom. The van der Waals surface area contributed by atoms with Crippen LogP contribution in [0.5, 0.6) is 0 Å². The van der Waals surface area contributed by atoms with Gasteiger partial charge in [0.05, 0.1) is 72.1 Å². The molecular formula is C23H37Fm2N3O9-2. The van der Waals surface area contributed by atoms with Gasteiger partial charge in [-0.25, -0.2) is 0 Å². The van der Waals surface area contributed by atoms with Crippen molar-refractivity contribution in [3.8, 4) is 0 Å². The van der Waals surface area contributed by atoms with Crippen LogP contribution in [0.3, 0.4) is 0 Å². The fourth-order valence-corrected chi connectivity index (χ4v) is 2.09. The second-order valence-corrected chi connectivity index (χ2v) is 6.17. The molecule has 4 N–H and O–H groups in total. The number of aryl methyl sites for hydroxylation is 1. The first-order valence-corrected chi connectivity index (χ1v) is 11.1. The molecule has 0 aromatic heterocycles. The first kappa shape index (κ1) is 39.2. The van der Waals surface area contributed by atoms with Gasteiger partial charge in [0.25, 0.3) is 0 Å². The Morgan fingerprint density at radius 2 is 1.30 bits per heavy atom. The van der Waals surface area contributed by atoms with Crippen molar-refractivity contribution >= 4 is 36.6 Å². The molecule has 0 fully saturated rings. The number of carboxylic acids is 1. The number of hydrogen-bond acceptors (Lipinski definition) is 8. The van der Waals surface area contributed by atoms with Crippen LogP contribution in [0.1, 0.15) is 25.8 Å². The molecule has 0 heterocycles. The maximum absolute atomic E-state index is 10.2. The number of nitrogens with one attached hydrogen (secondary N) is 3. The number of aliphatic carboxylic acids is 1. The molecule has 0 aliphatic carbocycles. The van der Waals surface area contributed by atoms with Crippen LogP contribution in [-0.2, 0) is 38.1 Å². The predicted molar refractivity (Wildman–Crippen MR) is 131 cm³/mol. The molecule has 37 heavy (non-hydrogen) atoms. The van der Waals surface area contributed by atoms with Crippen molar-refractivity contribution in [2.75, 3.05) is 70.0 Å². The molecule has 0 radical (unpaired) electrons. The molecule has 1 aromatic rings. The van der Waals surface area contributed by atoms with E-state index in [2.05, 4.69) is 16.0 Å². The van der Waals surface area contributed by atoms with Crippen LogP contribution < -0.4 is 16.0 Å². The summed E-state index contributed by atoms with van der Waals surface area (Å²) in [6.45, 7) is 9.69. The van der Waals surface area contributed by atoms with Crippen LogP contribution in [0.15, 0.2) is 18.2 Å². The van der Waals surface area contributed by atoms with Crippen molar-refractivity contribution in [3.63, 3.8) is 0 Å². The van der Waals surface area contributed by atoms with E-state index in [1.807, 2.05) is 26.8 Å². The third-order valence-corrected chi connectivity index (χ3v) is 3.60. The van der Waals surface area contributed by atoms with E-state index < -0.39 is 5.97 Å². The molecule has 0 bridgehead atoms. The van der Waals surface area contributed by atoms with Gasteiger partial charge in [0, 0.05) is 6.54 Å². The minimum atomic E-state index is -0.872. The summed E-state index contributed by atoms with van der Waals surface area (Å²) in [6.07, 6.45) is 3.71. The molecule has 3 amide bonds. The minimum absolute atomic E-state index is 0. The third-order valence-electron chi connectivity index (χ3n) is 3.60. The van der Waals surface area contributed by atoms with E-state index in [-0.39, 0.29) is 13.0 Å². The van der Waals surface area contributed by atoms with E-state index in [1.165, 1.54) is 6.41 Å². The van der Waals surface area contributed by atoms with E-state index in [0.717, 1.165) is 5.56 Å². The summed E-state index contributed by atoms with van der Waals surface area (Å²) in [5, 5.41) is 15.5. The van der Waals surface area contributed by atoms with Crippen molar-refractivity contribution in [1.29, 1.82) is 0 Å². The van der Waals surface area contributed by atoms with Crippen LogP contribution >= 0.6 is 0 Å². The standard InChI is InChI=1S/C12H23NO7.C9H8N2O2.C2H6.2Fm/c14-11-13-2-4-18-6-8-20-10-9-19-7-5-17-3-1-12(15)16;1-7-2-3-8(10-5-12)9(4-7)11-6-13;1-2;;/h11H,1-10H2,(H,13,14)(H,15,16);2-4H,1H3,(H,10,12)(H,11,13);1-2H3;;/q;-2;;;. The summed E-state index contributed by atoms with van der Waals surface area (Å²) < 4.78 is 20.7. The second-order valence-electron chi connectivity index (χ2n) is 6.17. The first-order valence-electron chi connectivity index (χ1n) is 11.1. The van der Waals surface area contributed by atoms with Crippen LogP contribution in [0.2, 0.25) is 0 Å². The van der Waals surface area contributed by atoms with Gasteiger partial charge in [-0.1, -0.05) is 25.5 Å². The molecule has 0 atom stereocenters. The van der Waals surface area contributed by atoms with Crippen molar-refractivity contribution in [2.24, 2.45) is 0 Å². The number of benzene rings is 1. The number of rotatable bonds is 20. The number of carboxylic acid groups (broad SMARTS) is 1. The Hall–Kier alpha value is -5.06. The number of ether oxygens (including phenoxy) is 4. The van der Waals surface area contributed by atoms with Crippen LogP contribution in [0.25, 0.3) is 0 Å². The topological polar surface area (TPSA) is 162 Å². The average Bonchev–Trinajstić information content (AvgIpc) is 2.85. The van der Waals surface area contributed by atoms with E-state index in [4.69, 9.17) is 24.1 Å². The summed E-state index contributed by atoms with van der Waals surface area (Å²) >= 11 is 0. The van der Waals surface area contributed by atoms with Gasteiger partial charge in [-0.15, -0.1) is 12.1 Å². The molecule has 1 rings (SSSR count). The Balaban J connectivity index is -0.000000279. The molecule has 0 unspecified atom stereocenters. The number of amides is 3. The Morgan fingerprint density at radius 3 is 1.76 bits per heavy atom. The maximum Gasteiger partial charge on any atom is 0.305 e. The molecule has 0 aliphatic rings. The van der Waals surface area contributed by atoms with Gasteiger partial charge >= 0.3 is 5.97 Å².